The predicted octanol–water partition coefficient (Wildman–Crippen LogP) is 2.57. The van der Waals surface area contributed by atoms with E-state index in [4.69, 9.17) is 12.2 Å². The van der Waals surface area contributed by atoms with Gasteiger partial charge in [-0.25, -0.2) is 0 Å². The second-order valence-electron chi connectivity index (χ2n) is 5.50. The molecule has 0 spiro atoms. The number of aromatic nitrogens is 3. The average Bonchev–Trinajstić information content (AvgIpc) is 2.96. The number of hydrogen-bond acceptors (Lipinski definition) is 7. The molecule has 3 heterocycles. The zero-order chi connectivity index (χ0) is 18.8. The van der Waals surface area contributed by atoms with Crippen LogP contribution in [0.4, 0.5) is 0 Å². The molecule has 1 aromatic carbocycles. The van der Waals surface area contributed by atoms with Crippen molar-refractivity contribution in [3.05, 3.63) is 71.2 Å². The Morgan fingerprint density at radius 2 is 1.96 bits per heavy atom. The fourth-order valence-electron chi connectivity index (χ4n) is 2.45. The molecule has 0 radical (unpaired) electrons. The maximum atomic E-state index is 12.6. The van der Waals surface area contributed by atoms with Crippen LogP contribution in [0.2, 0.25) is 0 Å². The first kappa shape index (κ1) is 17.3. The standard InChI is InChI=1S/C18H11N5O2S2/c24-16(12-2-1-5-19-10-12)22-23-17(25)15(27-18(23)26)9-11-3-4-13-14(8-11)21-7-6-20-13/h1-10H,(H,22,24)/b15-9-. The predicted molar refractivity (Wildman–Crippen MR) is 106 cm³/mol. The quantitative estimate of drug-likeness (QED) is 0.540. The highest BCUT2D eigenvalue weighted by Crippen LogP contribution is 2.31. The monoisotopic (exact) mass is 393 g/mol. The first-order valence-electron chi connectivity index (χ1n) is 7.81. The van der Waals surface area contributed by atoms with E-state index in [1.54, 1.807) is 36.8 Å². The van der Waals surface area contributed by atoms with Gasteiger partial charge in [0.2, 0.25) is 0 Å². The molecule has 1 fully saturated rings. The third-order valence-electron chi connectivity index (χ3n) is 3.72. The summed E-state index contributed by atoms with van der Waals surface area (Å²) in [5.41, 5.74) is 5.15. The Balaban J connectivity index is 1.56. The normalized spacial score (nSPS) is 15.6. The first-order chi connectivity index (χ1) is 13.1. The highest BCUT2D eigenvalue weighted by atomic mass is 32.2. The van der Waals surface area contributed by atoms with E-state index in [0.717, 1.165) is 33.4 Å². The maximum absolute atomic E-state index is 12.6. The lowest BCUT2D eigenvalue weighted by Crippen LogP contribution is -2.44. The second kappa shape index (κ2) is 7.22. The molecule has 2 aromatic heterocycles. The van der Waals surface area contributed by atoms with Crippen molar-refractivity contribution in [2.24, 2.45) is 0 Å². The van der Waals surface area contributed by atoms with Gasteiger partial charge >= 0.3 is 0 Å². The van der Waals surface area contributed by atoms with Crippen molar-refractivity contribution in [1.82, 2.24) is 25.4 Å². The van der Waals surface area contributed by atoms with Crippen molar-refractivity contribution < 1.29 is 9.59 Å². The highest BCUT2D eigenvalue weighted by molar-refractivity contribution is 8.26. The van der Waals surface area contributed by atoms with Crippen molar-refractivity contribution in [1.29, 1.82) is 0 Å². The van der Waals surface area contributed by atoms with Crippen molar-refractivity contribution >= 4 is 57.2 Å². The molecule has 9 heteroatoms. The van der Waals surface area contributed by atoms with E-state index in [2.05, 4.69) is 20.4 Å². The zero-order valence-corrected chi connectivity index (χ0v) is 15.3. The van der Waals surface area contributed by atoms with Crippen LogP contribution in [-0.4, -0.2) is 36.1 Å². The van der Waals surface area contributed by atoms with Gasteiger partial charge in [-0.15, -0.1) is 0 Å². The van der Waals surface area contributed by atoms with Gasteiger partial charge in [-0.3, -0.25) is 30.0 Å². The molecule has 0 saturated carbocycles. The molecule has 0 bridgehead atoms. The number of thiocarbonyl (C=S) groups is 1. The molecular weight excluding hydrogens is 382 g/mol. The Bertz CT molecular complexity index is 1100. The summed E-state index contributed by atoms with van der Waals surface area (Å²) in [5.74, 6) is -0.844. The average molecular weight is 393 g/mol. The third-order valence-corrected chi connectivity index (χ3v) is 5.02. The molecule has 1 N–H and O–H groups in total. The number of fused-ring (bicyclic) bond motifs is 1. The van der Waals surface area contributed by atoms with E-state index in [1.165, 1.54) is 6.20 Å². The number of amides is 2. The van der Waals surface area contributed by atoms with Crippen LogP contribution in [0.25, 0.3) is 17.1 Å². The van der Waals surface area contributed by atoms with E-state index in [0.29, 0.717) is 10.5 Å². The van der Waals surface area contributed by atoms with Crippen molar-refractivity contribution in [2.45, 2.75) is 0 Å². The third kappa shape index (κ3) is 3.55. The minimum Gasteiger partial charge on any atom is -0.267 e. The molecule has 0 aliphatic carbocycles. The maximum Gasteiger partial charge on any atom is 0.285 e. The number of carbonyl (C=O) groups is 2. The molecule has 2 amide bonds. The summed E-state index contributed by atoms with van der Waals surface area (Å²) in [7, 11) is 0. The lowest BCUT2D eigenvalue weighted by Gasteiger charge is -2.15. The molecule has 1 aliphatic heterocycles. The number of hydrazine groups is 1. The lowest BCUT2D eigenvalue weighted by atomic mass is 10.2. The van der Waals surface area contributed by atoms with Crippen LogP contribution in [0.15, 0.2) is 60.0 Å². The van der Waals surface area contributed by atoms with Gasteiger partial charge in [0.15, 0.2) is 4.32 Å². The topological polar surface area (TPSA) is 88.1 Å². The van der Waals surface area contributed by atoms with E-state index in [1.807, 2.05) is 18.2 Å². The summed E-state index contributed by atoms with van der Waals surface area (Å²) >= 11 is 6.35. The van der Waals surface area contributed by atoms with Crippen LogP contribution in [0.1, 0.15) is 15.9 Å². The van der Waals surface area contributed by atoms with Gasteiger partial charge in [0.25, 0.3) is 11.8 Å². The molecule has 1 saturated heterocycles. The summed E-state index contributed by atoms with van der Waals surface area (Å²) in [4.78, 5) is 37.7. The number of thioether (sulfide) groups is 1. The Kier molecular flexibility index (Phi) is 4.61. The molecule has 4 rings (SSSR count). The molecule has 1 aliphatic rings. The SMILES string of the molecule is O=C(NN1C(=O)/C(=C/c2ccc3nccnc3c2)SC1=S)c1cccnc1. The minimum atomic E-state index is -0.457. The van der Waals surface area contributed by atoms with Crippen LogP contribution in [0, 0.1) is 0 Å². The molecule has 0 unspecified atom stereocenters. The van der Waals surface area contributed by atoms with E-state index < -0.39 is 5.91 Å². The Morgan fingerprint density at radius 1 is 1.15 bits per heavy atom. The van der Waals surface area contributed by atoms with Crippen LogP contribution < -0.4 is 5.43 Å². The van der Waals surface area contributed by atoms with Gasteiger partial charge in [-0.2, -0.15) is 5.01 Å². The van der Waals surface area contributed by atoms with E-state index >= 15 is 0 Å². The summed E-state index contributed by atoms with van der Waals surface area (Å²) in [6, 6.07) is 8.76. The number of pyridine rings is 1. The number of rotatable bonds is 3. The number of carbonyl (C=O) groups excluding carboxylic acids is 2. The minimum absolute atomic E-state index is 0.254. The molecule has 27 heavy (non-hydrogen) atoms. The van der Waals surface area contributed by atoms with Crippen LogP contribution in [0.5, 0.6) is 0 Å². The summed E-state index contributed by atoms with van der Waals surface area (Å²) in [6.07, 6.45) is 7.92. The largest absolute Gasteiger partial charge is 0.285 e. The van der Waals surface area contributed by atoms with Crippen molar-refractivity contribution in [3.63, 3.8) is 0 Å². The number of hydrogen-bond donors (Lipinski definition) is 1. The Hall–Kier alpha value is -3.17. The zero-order valence-electron chi connectivity index (χ0n) is 13.7. The van der Waals surface area contributed by atoms with Gasteiger partial charge < -0.3 is 0 Å². The fraction of sp³-hybridized carbons (Fsp3) is 0. The van der Waals surface area contributed by atoms with Gasteiger partial charge in [0.05, 0.1) is 21.5 Å². The summed E-state index contributed by atoms with van der Waals surface area (Å²) in [5, 5.41) is 1.07. The Labute approximate surface area is 163 Å². The van der Waals surface area contributed by atoms with Crippen molar-refractivity contribution in [3.8, 4) is 0 Å². The van der Waals surface area contributed by atoms with E-state index in [-0.39, 0.29) is 10.2 Å². The smallest absolute Gasteiger partial charge is 0.267 e. The van der Waals surface area contributed by atoms with Gasteiger partial charge in [0.1, 0.15) is 0 Å². The summed E-state index contributed by atoms with van der Waals surface area (Å²) < 4.78 is 0.254. The van der Waals surface area contributed by atoms with Crippen LogP contribution in [-0.2, 0) is 4.79 Å². The molecule has 0 atom stereocenters. The molecular formula is C18H11N5O2S2. The molecule has 3 aromatic rings. The van der Waals surface area contributed by atoms with Crippen molar-refractivity contribution in [2.75, 3.05) is 0 Å². The van der Waals surface area contributed by atoms with E-state index in [9.17, 15) is 9.59 Å². The van der Waals surface area contributed by atoms with Crippen LogP contribution in [0.3, 0.4) is 0 Å². The molecule has 132 valence electrons. The highest BCUT2D eigenvalue weighted by Gasteiger charge is 2.33. The number of benzene rings is 1. The Morgan fingerprint density at radius 3 is 2.74 bits per heavy atom. The number of nitrogens with zero attached hydrogens (tertiary/aromatic N) is 4. The molecule has 7 nitrogen and oxygen atoms in total. The van der Waals surface area contributed by atoms with Crippen LogP contribution >= 0.6 is 24.0 Å². The van der Waals surface area contributed by atoms with Gasteiger partial charge in [-0.05, 0) is 48.1 Å². The van der Waals surface area contributed by atoms with Gasteiger partial charge in [-0.1, -0.05) is 17.8 Å². The second-order valence-corrected chi connectivity index (χ2v) is 7.18. The summed E-state index contributed by atoms with van der Waals surface area (Å²) in [6.45, 7) is 0. The first-order valence-corrected chi connectivity index (χ1v) is 9.04. The fourth-order valence-corrected chi connectivity index (χ4v) is 3.63. The van der Waals surface area contributed by atoms with Gasteiger partial charge in [0, 0.05) is 24.8 Å². The lowest BCUT2D eigenvalue weighted by molar-refractivity contribution is -0.123. The number of nitrogens with one attached hydrogen (secondary N) is 1.